The summed E-state index contributed by atoms with van der Waals surface area (Å²) in [5, 5.41) is 26.6. The number of aliphatic hydroxyl groups excluding tert-OH is 2. The summed E-state index contributed by atoms with van der Waals surface area (Å²) in [5.74, 6) is 1.36. The van der Waals surface area contributed by atoms with E-state index in [0.29, 0.717) is 23.7 Å². The number of rotatable bonds is 12. The van der Waals surface area contributed by atoms with Crippen LogP contribution < -0.4 is 15.4 Å². The summed E-state index contributed by atoms with van der Waals surface area (Å²) in [6.07, 6.45) is -1.95. The van der Waals surface area contributed by atoms with Gasteiger partial charge in [0.2, 0.25) is 0 Å². The molecule has 0 saturated carbocycles. The lowest BCUT2D eigenvalue weighted by Crippen LogP contribution is -2.46. The number of ether oxygens (including phenoxy) is 3. The zero-order chi connectivity index (χ0) is 35.7. The highest BCUT2D eigenvalue weighted by atomic mass is 16.7. The molecule has 1 saturated heterocycles. The molecular formula is C42H45N3O6. The molecule has 1 heterocycles. The predicted octanol–water partition coefficient (Wildman–Crippen LogP) is 8.46. The number of nitrogens with one attached hydrogen (secondary N) is 2. The van der Waals surface area contributed by atoms with E-state index in [4.69, 9.17) is 14.2 Å². The standard InChI is InChI=1S/C42H45N3O6/c1-28-38(26-45(3)29(2)39(47)31-11-6-4-7-12-31)50-41(51-40(28)32-19-17-30(27-46)18-20-32)33-13-10-14-35(25-33)44-42(48)43-34-21-23-37(24-22-34)49-36-15-8-5-9-16-36/h4-25,28-29,38-41,46-47H,26-27H2,1-3H3,(H2,43,44,48)/t28-,29-,38+,39-,40+,41+/m0/s1. The molecule has 51 heavy (non-hydrogen) atoms. The summed E-state index contributed by atoms with van der Waals surface area (Å²) in [7, 11) is 2.00. The van der Waals surface area contributed by atoms with E-state index in [2.05, 4.69) is 22.5 Å². The molecule has 6 rings (SSSR count). The fourth-order valence-electron chi connectivity index (χ4n) is 6.24. The summed E-state index contributed by atoms with van der Waals surface area (Å²) in [6.45, 7) is 4.63. The number of carbonyl (C=O) groups is 1. The van der Waals surface area contributed by atoms with Crippen LogP contribution in [0.25, 0.3) is 0 Å². The van der Waals surface area contributed by atoms with Gasteiger partial charge in [-0.15, -0.1) is 0 Å². The number of nitrogens with zero attached hydrogens (tertiary/aromatic N) is 1. The highest BCUT2D eigenvalue weighted by Crippen LogP contribution is 2.42. The monoisotopic (exact) mass is 687 g/mol. The molecule has 2 amide bonds. The predicted molar refractivity (Wildman–Crippen MR) is 199 cm³/mol. The Labute approximate surface area is 299 Å². The van der Waals surface area contributed by atoms with Crippen LogP contribution in [0, 0.1) is 5.92 Å². The first-order valence-electron chi connectivity index (χ1n) is 17.2. The van der Waals surface area contributed by atoms with Gasteiger partial charge >= 0.3 is 6.03 Å². The number of urea groups is 1. The maximum absolute atomic E-state index is 13.0. The van der Waals surface area contributed by atoms with Crippen molar-refractivity contribution in [1.29, 1.82) is 0 Å². The number of aliphatic hydroxyl groups is 2. The minimum atomic E-state index is -0.724. The van der Waals surface area contributed by atoms with Gasteiger partial charge in [0.05, 0.1) is 24.9 Å². The molecule has 0 radical (unpaired) electrons. The minimum Gasteiger partial charge on any atom is -0.457 e. The molecule has 1 aliphatic rings. The fourth-order valence-corrected chi connectivity index (χ4v) is 6.24. The topological polar surface area (TPSA) is 113 Å². The third-order valence-electron chi connectivity index (χ3n) is 9.39. The van der Waals surface area contributed by atoms with Crippen molar-refractivity contribution in [2.45, 2.75) is 51.1 Å². The average molecular weight is 688 g/mol. The van der Waals surface area contributed by atoms with Crippen LogP contribution in [0.15, 0.2) is 133 Å². The van der Waals surface area contributed by atoms with E-state index < -0.39 is 18.4 Å². The van der Waals surface area contributed by atoms with E-state index in [-0.39, 0.29) is 30.8 Å². The second kappa shape index (κ2) is 16.8. The van der Waals surface area contributed by atoms with E-state index in [1.807, 2.05) is 123 Å². The van der Waals surface area contributed by atoms with Crippen LogP contribution in [0.3, 0.4) is 0 Å². The van der Waals surface area contributed by atoms with Crippen LogP contribution in [-0.4, -0.2) is 46.9 Å². The highest BCUT2D eigenvalue weighted by Gasteiger charge is 2.39. The molecular weight excluding hydrogens is 642 g/mol. The van der Waals surface area contributed by atoms with Crippen molar-refractivity contribution < 1.29 is 29.2 Å². The lowest BCUT2D eigenvalue weighted by Gasteiger charge is -2.43. The van der Waals surface area contributed by atoms with Gasteiger partial charge in [0.15, 0.2) is 6.29 Å². The van der Waals surface area contributed by atoms with Crippen molar-refractivity contribution in [2.24, 2.45) is 5.92 Å². The van der Waals surface area contributed by atoms with E-state index in [9.17, 15) is 15.0 Å². The Bertz CT molecular complexity index is 1840. The fraction of sp³-hybridized carbons (Fsp3) is 0.262. The average Bonchev–Trinajstić information content (AvgIpc) is 3.16. The Balaban J connectivity index is 1.15. The zero-order valence-electron chi connectivity index (χ0n) is 29.1. The Morgan fingerprint density at radius 2 is 1.43 bits per heavy atom. The number of hydrogen-bond acceptors (Lipinski definition) is 7. The van der Waals surface area contributed by atoms with E-state index in [1.165, 1.54) is 0 Å². The summed E-state index contributed by atoms with van der Waals surface area (Å²) < 4.78 is 19.2. The molecule has 9 nitrogen and oxygen atoms in total. The highest BCUT2D eigenvalue weighted by molar-refractivity contribution is 5.99. The molecule has 264 valence electrons. The molecule has 9 heteroatoms. The van der Waals surface area contributed by atoms with Gasteiger partial charge in [-0.25, -0.2) is 4.79 Å². The van der Waals surface area contributed by atoms with Gasteiger partial charge in [0.25, 0.3) is 0 Å². The second-order valence-corrected chi connectivity index (χ2v) is 13.0. The van der Waals surface area contributed by atoms with Gasteiger partial charge in [0.1, 0.15) is 11.5 Å². The first-order valence-corrected chi connectivity index (χ1v) is 17.2. The minimum absolute atomic E-state index is 0.0382. The Morgan fingerprint density at radius 3 is 2.12 bits per heavy atom. The smallest absolute Gasteiger partial charge is 0.323 e. The van der Waals surface area contributed by atoms with Gasteiger partial charge < -0.3 is 35.1 Å². The lowest BCUT2D eigenvalue weighted by molar-refractivity contribution is -0.276. The van der Waals surface area contributed by atoms with Crippen LogP contribution in [0.1, 0.15) is 54.6 Å². The first kappa shape index (κ1) is 35.8. The van der Waals surface area contributed by atoms with Crippen molar-refractivity contribution in [1.82, 2.24) is 4.90 Å². The number of carbonyl (C=O) groups excluding carboxylic acids is 1. The van der Waals surface area contributed by atoms with Crippen molar-refractivity contribution in [3.8, 4) is 11.5 Å². The summed E-state index contributed by atoms with van der Waals surface area (Å²) >= 11 is 0. The summed E-state index contributed by atoms with van der Waals surface area (Å²) in [5.41, 5.74) is 4.61. The second-order valence-electron chi connectivity index (χ2n) is 13.0. The van der Waals surface area contributed by atoms with Crippen LogP contribution in [0.5, 0.6) is 11.5 Å². The van der Waals surface area contributed by atoms with Crippen molar-refractivity contribution in [2.75, 3.05) is 24.2 Å². The van der Waals surface area contributed by atoms with Gasteiger partial charge in [-0.3, -0.25) is 4.90 Å². The SMILES string of the molecule is C[C@H]1[C@@H](CN(C)[C@@H](C)[C@H](O)c2ccccc2)O[C@@H](c2cccc(NC(=O)Nc3ccc(Oc4ccccc4)cc3)c2)O[C@H]1c1ccc(CO)cc1. The van der Waals surface area contributed by atoms with Crippen LogP contribution in [0.4, 0.5) is 16.2 Å². The van der Waals surface area contributed by atoms with Crippen molar-refractivity contribution >= 4 is 17.4 Å². The summed E-state index contributed by atoms with van der Waals surface area (Å²) in [4.78, 5) is 15.1. The molecule has 5 aromatic rings. The third kappa shape index (κ3) is 9.21. The summed E-state index contributed by atoms with van der Waals surface area (Å²) in [6, 6.07) is 41.0. The van der Waals surface area contributed by atoms with E-state index >= 15 is 0 Å². The Morgan fingerprint density at radius 1 is 0.784 bits per heavy atom. The van der Waals surface area contributed by atoms with Gasteiger partial charge in [-0.2, -0.15) is 0 Å². The van der Waals surface area contributed by atoms with Crippen molar-refractivity contribution in [3.63, 3.8) is 0 Å². The largest absolute Gasteiger partial charge is 0.457 e. The molecule has 0 aliphatic carbocycles. The van der Waals surface area contributed by atoms with Crippen LogP contribution >= 0.6 is 0 Å². The number of benzene rings is 5. The molecule has 1 fully saturated rings. The molecule has 0 bridgehead atoms. The number of amides is 2. The molecule has 1 aliphatic heterocycles. The normalized spacial score (nSPS) is 20.0. The Hall–Kier alpha value is -5.03. The first-order chi connectivity index (χ1) is 24.8. The molecule has 4 N–H and O–H groups in total. The number of para-hydroxylation sites is 1. The molecule has 0 aromatic heterocycles. The molecule has 5 aromatic carbocycles. The van der Waals surface area contributed by atoms with Crippen LogP contribution in [0.2, 0.25) is 0 Å². The number of hydrogen-bond donors (Lipinski definition) is 4. The van der Waals surface area contributed by atoms with E-state index in [0.717, 1.165) is 28.0 Å². The number of likely N-dealkylation sites (N-methyl/N-ethyl adjacent to an activating group) is 1. The molecule has 0 unspecified atom stereocenters. The maximum atomic E-state index is 13.0. The zero-order valence-corrected chi connectivity index (χ0v) is 29.1. The van der Waals surface area contributed by atoms with Gasteiger partial charge in [-0.1, -0.05) is 91.9 Å². The number of anilines is 2. The van der Waals surface area contributed by atoms with Gasteiger partial charge in [-0.05, 0) is 79.2 Å². The Kier molecular flexibility index (Phi) is 11.8. The maximum Gasteiger partial charge on any atom is 0.323 e. The molecule has 0 spiro atoms. The third-order valence-corrected chi connectivity index (χ3v) is 9.39. The van der Waals surface area contributed by atoms with Crippen LogP contribution in [-0.2, 0) is 16.1 Å². The lowest BCUT2D eigenvalue weighted by atomic mass is 9.89. The van der Waals surface area contributed by atoms with Gasteiger partial charge in [0, 0.05) is 35.4 Å². The molecule has 6 atom stereocenters. The van der Waals surface area contributed by atoms with Crippen molar-refractivity contribution in [3.05, 3.63) is 156 Å². The van der Waals surface area contributed by atoms with E-state index in [1.54, 1.807) is 24.3 Å². The quantitative estimate of drug-likeness (QED) is 0.104.